The molecule has 2 rings (SSSR count). The molecule has 0 bridgehead atoms. The molecule has 0 radical (unpaired) electrons. The SMILES string of the molecule is CC1CCCN1CC1(C(=O)O)CCOCC1. The molecule has 4 heteroatoms. The number of carboxylic acid groups (broad SMARTS) is 1. The van der Waals surface area contributed by atoms with Crippen LogP contribution in [0.5, 0.6) is 0 Å². The second-order valence-corrected chi connectivity index (χ2v) is 5.16. The lowest BCUT2D eigenvalue weighted by Crippen LogP contribution is -2.47. The highest BCUT2D eigenvalue weighted by Crippen LogP contribution is 2.34. The van der Waals surface area contributed by atoms with Crippen molar-refractivity contribution in [3.05, 3.63) is 0 Å². The van der Waals surface area contributed by atoms with Crippen molar-refractivity contribution in [2.24, 2.45) is 5.41 Å². The number of hydrogen-bond acceptors (Lipinski definition) is 3. The van der Waals surface area contributed by atoms with Gasteiger partial charge in [-0.2, -0.15) is 0 Å². The van der Waals surface area contributed by atoms with Crippen LogP contribution in [0.3, 0.4) is 0 Å². The predicted molar refractivity (Wildman–Crippen MR) is 60.4 cm³/mol. The number of nitrogens with zero attached hydrogens (tertiary/aromatic N) is 1. The Bertz CT molecular complexity index is 261. The summed E-state index contributed by atoms with van der Waals surface area (Å²) in [5.74, 6) is -0.644. The van der Waals surface area contributed by atoms with E-state index in [9.17, 15) is 9.90 Å². The minimum Gasteiger partial charge on any atom is -0.481 e. The largest absolute Gasteiger partial charge is 0.481 e. The summed E-state index contributed by atoms with van der Waals surface area (Å²) in [4.78, 5) is 13.8. The van der Waals surface area contributed by atoms with Crippen LogP contribution in [0.4, 0.5) is 0 Å². The van der Waals surface area contributed by atoms with E-state index >= 15 is 0 Å². The minimum absolute atomic E-state index is 0.541. The van der Waals surface area contributed by atoms with Gasteiger partial charge < -0.3 is 9.84 Å². The van der Waals surface area contributed by atoms with Crippen LogP contribution in [0.15, 0.2) is 0 Å². The first-order valence-corrected chi connectivity index (χ1v) is 6.19. The molecule has 2 saturated heterocycles. The fourth-order valence-electron chi connectivity index (χ4n) is 2.82. The maximum Gasteiger partial charge on any atom is 0.311 e. The summed E-state index contributed by atoms with van der Waals surface area (Å²) < 4.78 is 5.28. The van der Waals surface area contributed by atoms with E-state index < -0.39 is 11.4 Å². The topological polar surface area (TPSA) is 49.8 Å². The third-order valence-corrected chi connectivity index (χ3v) is 4.10. The summed E-state index contributed by atoms with van der Waals surface area (Å²) in [6.45, 7) is 5.13. The van der Waals surface area contributed by atoms with Gasteiger partial charge in [-0.15, -0.1) is 0 Å². The van der Waals surface area contributed by atoms with Crippen molar-refractivity contribution in [2.75, 3.05) is 26.3 Å². The Morgan fingerprint density at radius 2 is 2.19 bits per heavy atom. The third kappa shape index (κ3) is 2.23. The average molecular weight is 227 g/mol. The molecule has 0 saturated carbocycles. The zero-order valence-corrected chi connectivity index (χ0v) is 9.95. The van der Waals surface area contributed by atoms with Gasteiger partial charge in [0.1, 0.15) is 0 Å². The molecule has 1 unspecified atom stereocenters. The van der Waals surface area contributed by atoms with Gasteiger partial charge in [0, 0.05) is 25.8 Å². The zero-order chi connectivity index (χ0) is 11.6. The van der Waals surface area contributed by atoms with E-state index in [1.54, 1.807) is 0 Å². The van der Waals surface area contributed by atoms with Crippen LogP contribution in [-0.2, 0) is 9.53 Å². The molecular formula is C12H21NO3. The van der Waals surface area contributed by atoms with Crippen molar-refractivity contribution in [3.8, 4) is 0 Å². The fourth-order valence-corrected chi connectivity index (χ4v) is 2.82. The molecule has 16 heavy (non-hydrogen) atoms. The number of carbonyl (C=O) groups is 1. The number of aliphatic carboxylic acids is 1. The first kappa shape index (κ1) is 11.9. The highest BCUT2D eigenvalue weighted by Gasteiger charge is 2.42. The van der Waals surface area contributed by atoms with Crippen LogP contribution < -0.4 is 0 Å². The predicted octanol–water partition coefficient (Wildman–Crippen LogP) is 1.35. The molecule has 2 aliphatic rings. The molecule has 0 amide bonds. The Morgan fingerprint density at radius 1 is 1.50 bits per heavy atom. The number of rotatable bonds is 3. The van der Waals surface area contributed by atoms with Crippen molar-refractivity contribution in [2.45, 2.75) is 38.6 Å². The van der Waals surface area contributed by atoms with Crippen LogP contribution in [-0.4, -0.2) is 48.3 Å². The summed E-state index contributed by atoms with van der Waals surface area (Å²) in [5, 5.41) is 9.45. The quantitative estimate of drug-likeness (QED) is 0.790. The summed E-state index contributed by atoms with van der Waals surface area (Å²) in [6, 6.07) is 0.541. The van der Waals surface area contributed by atoms with Gasteiger partial charge in [-0.3, -0.25) is 9.69 Å². The van der Waals surface area contributed by atoms with Gasteiger partial charge in [0.25, 0.3) is 0 Å². The number of likely N-dealkylation sites (tertiary alicyclic amines) is 1. The van der Waals surface area contributed by atoms with E-state index in [0.29, 0.717) is 38.6 Å². The molecule has 0 spiro atoms. The van der Waals surface area contributed by atoms with Crippen LogP contribution in [0.1, 0.15) is 32.6 Å². The van der Waals surface area contributed by atoms with Crippen LogP contribution in [0, 0.1) is 5.41 Å². The minimum atomic E-state index is -0.644. The molecule has 2 fully saturated rings. The molecule has 4 nitrogen and oxygen atoms in total. The Morgan fingerprint density at radius 3 is 2.69 bits per heavy atom. The molecule has 1 N–H and O–H groups in total. The molecule has 0 aromatic heterocycles. The fraction of sp³-hybridized carbons (Fsp3) is 0.917. The van der Waals surface area contributed by atoms with Gasteiger partial charge >= 0.3 is 5.97 Å². The van der Waals surface area contributed by atoms with Gasteiger partial charge in [-0.1, -0.05) is 0 Å². The lowest BCUT2D eigenvalue weighted by molar-refractivity contribution is -0.156. The van der Waals surface area contributed by atoms with E-state index in [1.165, 1.54) is 12.8 Å². The second-order valence-electron chi connectivity index (χ2n) is 5.16. The monoisotopic (exact) mass is 227 g/mol. The maximum absolute atomic E-state index is 11.5. The van der Waals surface area contributed by atoms with Crippen LogP contribution in [0.2, 0.25) is 0 Å². The molecule has 1 atom stereocenters. The Balaban J connectivity index is 2.04. The maximum atomic E-state index is 11.5. The summed E-state index contributed by atoms with van der Waals surface area (Å²) in [5.41, 5.74) is -0.559. The number of ether oxygens (including phenoxy) is 1. The number of hydrogen-bond donors (Lipinski definition) is 1. The van der Waals surface area contributed by atoms with E-state index in [-0.39, 0.29) is 0 Å². The highest BCUT2D eigenvalue weighted by atomic mass is 16.5. The average Bonchev–Trinajstić information content (AvgIpc) is 2.65. The highest BCUT2D eigenvalue weighted by molar-refractivity contribution is 5.75. The third-order valence-electron chi connectivity index (χ3n) is 4.10. The zero-order valence-electron chi connectivity index (χ0n) is 9.95. The Labute approximate surface area is 96.6 Å². The molecular weight excluding hydrogens is 206 g/mol. The first-order chi connectivity index (χ1) is 7.64. The van der Waals surface area contributed by atoms with Crippen molar-refractivity contribution >= 4 is 5.97 Å². The van der Waals surface area contributed by atoms with Gasteiger partial charge in [-0.05, 0) is 39.2 Å². The van der Waals surface area contributed by atoms with Gasteiger partial charge in [0.2, 0.25) is 0 Å². The molecule has 92 valence electrons. The normalized spacial score (nSPS) is 30.4. The molecule has 2 heterocycles. The number of carboxylic acids is 1. The van der Waals surface area contributed by atoms with Crippen LogP contribution in [0.25, 0.3) is 0 Å². The summed E-state index contributed by atoms with van der Waals surface area (Å²) >= 11 is 0. The van der Waals surface area contributed by atoms with Gasteiger partial charge in [-0.25, -0.2) is 0 Å². The lowest BCUT2D eigenvalue weighted by Gasteiger charge is -2.37. The van der Waals surface area contributed by atoms with Crippen molar-refractivity contribution in [3.63, 3.8) is 0 Å². The van der Waals surface area contributed by atoms with Crippen molar-refractivity contribution < 1.29 is 14.6 Å². The van der Waals surface area contributed by atoms with Crippen LogP contribution >= 0.6 is 0 Å². The first-order valence-electron chi connectivity index (χ1n) is 6.19. The molecule has 2 aliphatic heterocycles. The van der Waals surface area contributed by atoms with E-state index in [4.69, 9.17) is 4.74 Å². The molecule has 0 aromatic carbocycles. The summed E-state index contributed by atoms with van der Waals surface area (Å²) in [7, 11) is 0. The van der Waals surface area contributed by atoms with Crippen molar-refractivity contribution in [1.82, 2.24) is 4.90 Å². The Hall–Kier alpha value is -0.610. The van der Waals surface area contributed by atoms with E-state index in [0.717, 1.165) is 6.54 Å². The second kappa shape index (κ2) is 4.72. The van der Waals surface area contributed by atoms with Crippen molar-refractivity contribution in [1.29, 1.82) is 0 Å². The van der Waals surface area contributed by atoms with Gasteiger partial charge in [0.05, 0.1) is 5.41 Å². The van der Waals surface area contributed by atoms with Gasteiger partial charge in [0.15, 0.2) is 0 Å². The Kier molecular flexibility index (Phi) is 3.50. The lowest BCUT2D eigenvalue weighted by atomic mass is 9.79. The standard InChI is InChI=1S/C12H21NO3/c1-10-3-2-6-13(10)9-12(11(14)15)4-7-16-8-5-12/h10H,2-9H2,1H3,(H,14,15). The van der Waals surface area contributed by atoms with E-state index in [2.05, 4.69) is 11.8 Å². The molecule has 0 aliphatic carbocycles. The smallest absolute Gasteiger partial charge is 0.311 e. The molecule has 0 aromatic rings. The summed E-state index contributed by atoms with van der Waals surface area (Å²) in [6.07, 6.45) is 3.72. The van der Waals surface area contributed by atoms with E-state index in [1.807, 2.05) is 0 Å².